The summed E-state index contributed by atoms with van der Waals surface area (Å²) >= 11 is 1.52. The average molecular weight is 296 g/mol. The molecule has 6 heteroatoms. The molecule has 1 aromatic carbocycles. The number of aliphatic hydroxyl groups excluding tert-OH is 1. The van der Waals surface area contributed by atoms with Crippen LogP contribution >= 0.6 is 11.9 Å². The van der Waals surface area contributed by atoms with Gasteiger partial charge in [0, 0.05) is 18.1 Å². The van der Waals surface area contributed by atoms with Crippen molar-refractivity contribution >= 4 is 11.9 Å². The van der Waals surface area contributed by atoms with E-state index in [9.17, 15) is 9.50 Å². The van der Waals surface area contributed by atoms with E-state index < -0.39 is 12.8 Å². The van der Waals surface area contributed by atoms with Gasteiger partial charge in [-0.1, -0.05) is 41.4 Å². The normalized spacial score (nSPS) is 12.6. The Morgan fingerprint density at radius 3 is 2.80 bits per heavy atom. The lowest BCUT2D eigenvalue weighted by Gasteiger charge is -2.08. The van der Waals surface area contributed by atoms with E-state index in [1.54, 1.807) is 12.1 Å². The quantitative estimate of drug-likeness (QED) is 0.769. The van der Waals surface area contributed by atoms with Crippen LogP contribution < -0.4 is 4.72 Å². The second kappa shape index (κ2) is 7.42. The standard InChI is InChI=1S/C14H17FN2O2S/c1-20-16-9-12-8-14(19-17-12)11-4-2-10(3-5-11)13(18)6-7-15/h2-5,8,13,16,18H,6-7,9H2,1H3. The van der Waals surface area contributed by atoms with E-state index >= 15 is 0 Å². The van der Waals surface area contributed by atoms with E-state index in [-0.39, 0.29) is 6.42 Å². The summed E-state index contributed by atoms with van der Waals surface area (Å²) in [6, 6.07) is 9.10. The highest BCUT2D eigenvalue weighted by Gasteiger charge is 2.10. The van der Waals surface area contributed by atoms with Crippen molar-refractivity contribution in [1.82, 2.24) is 9.88 Å². The van der Waals surface area contributed by atoms with Gasteiger partial charge in [-0.2, -0.15) is 0 Å². The molecule has 2 N–H and O–H groups in total. The fraction of sp³-hybridized carbons (Fsp3) is 0.357. The lowest BCUT2D eigenvalue weighted by Crippen LogP contribution is -2.01. The number of aromatic nitrogens is 1. The van der Waals surface area contributed by atoms with Crippen molar-refractivity contribution < 1.29 is 14.0 Å². The Labute approximate surface area is 121 Å². The first-order valence-corrected chi connectivity index (χ1v) is 7.53. The zero-order valence-electron chi connectivity index (χ0n) is 11.2. The molecule has 0 aliphatic rings. The second-order valence-electron chi connectivity index (χ2n) is 4.32. The third-order valence-corrected chi connectivity index (χ3v) is 3.35. The van der Waals surface area contributed by atoms with Gasteiger partial charge in [-0.3, -0.25) is 9.11 Å². The van der Waals surface area contributed by atoms with Crippen LogP contribution in [0.2, 0.25) is 0 Å². The van der Waals surface area contributed by atoms with Gasteiger partial charge in [0.25, 0.3) is 0 Å². The van der Waals surface area contributed by atoms with E-state index in [2.05, 4.69) is 9.88 Å². The van der Waals surface area contributed by atoms with Crippen molar-refractivity contribution in [1.29, 1.82) is 0 Å². The summed E-state index contributed by atoms with van der Waals surface area (Å²) in [7, 11) is 0. The van der Waals surface area contributed by atoms with Crippen LogP contribution in [0.3, 0.4) is 0 Å². The second-order valence-corrected chi connectivity index (χ2v) is 5.02. The Morgan fingerprint density at radius 2 is 2.15 bits per heavy atom. The third kappa shape index (κ3) is 3.82. The third-order valence-electron chi connectivity index (χ3n) is 2.92. The first-order chi connectivity index (χ1) is 9.74. The van der Waals surface area contributed by atoms with Gasteiger partial charge in [-0.15, -0.1) is 0 Å². The van der Waals surface area contributed by atoms with E-state index in [1.165, 1.54) is 11.9 Å². The molecular formula is C14H17FN2O2S. The van der Waals surface area contributed by atoms with Gasteiger partial charge in [-0.25, -0.2) is 0 Å². The van der Waals surface area contributed by atoms with Gasteiger partial charge < -0.3 is 9.63 Å². The summed E-state index contributed by atoms with van der Waals surface area (Å²) in [6.45, 7) is 0.106. The maximum absolute atomic E-state index is 12.2. The summed E-state index contributed by atoms with van der Waals surface area (Å²) in [4.78, 5) is 0. The van der Waals surface area contributed by atoms with Gasteiger partial charge in [0.1, 0.15) is 0 Å². The first-order valence-electron chi connectivity index (χ1n) is 6.30. The zero-order valence-corrected chi connectivity index (χ0v) is 12.0. The number of nitrogens with one attached hydrogen (secondary N) is 1. The summed E-state index contributed by atoms with van der Waals surface area (Å²) in [5.74, 6) is 0.675. The Bertz CT molecular complexity index is 530. The lowest BCUT2D eigenvalue weighted by atomic mass is 10.0. The van der Waals surface area contributed by atoms with Crippen molar-refractivity contribution in [3.05, 3.63) is 41.6 Å². The lowest BCUT2D eigenvalue weighted by molar-refractivity contribution is 0.156. The number of hydrogen-bond acceptors (Lipinski definition) is 5. The zero-order chi connectivity index (χ0) is 14.4. The van der Waals surface area contributed by atoms with Crippen molar-refractivity contribution in [3.63, 3.8) is 0 Å². The van der Waals surface area contributed by atoms with Gasteiger partial charge in [0.2, 0.25) is 0 Å². The van der Waals surface area contributed by atoms with Crippen LogP contribution in [-0.2, 0) is 6.54 Å². The molecule has 2 aromatic rings. The van der Waals surface area contributed by atoms with Gasteiger partial charge in [-0.05, 0) is 11.8 Å². The van der Waals surface area contributed by atoms with Gasteiger partial charge in [0.05, 0.1) is 25.0 Å². The predicted octanol–water partition coefficient (Wildman–Crippen LogP) is 3.10. The molecule has 0 fully saturated rings. The minimum absolute atomic E-state index is 0.117. The molecule has 108 valence electrons. The molecule has 1 heterocycles. The molecule has 1 unspecified atom stereocenters. The highest BCUT2D eigenvalue weighted by Crippen LogP contribution is 2.24. The Kier molecular flexibility index (Phi) is 5.58. The van der Waals surface area contributed by atoms with Crippen LogP contribution in [0.25, 0.3) is 11.3 Å². The summed E-state index contributed by atoms with van der Waals surface area (Å²) in [5, 5.41) is 13.7. The first kappa shape index (κ1) is 15.0. The Balaban J connectivity index is 2.07. The van der Waals surface area contributed by atoms with Crippen LogP contribution in [-0.4, -0.2) is 23.2 Å². The number of rotatable bonds is 7. The number of hydrogen-bond donors (Lipinski definition) is 2. The van der Waals surface area contributed by atoms with Crippen molar-refractivity contribution in [2.75, 3.05) is 12.9 Å². The summed E-state index contributed by atoms with van der Waals surface area (Å²) in [5.41, 5.74) is 2.41. The number of alkyl halides is 1. The molecule has 1 atom stereocenters. The SMILES string of the molecule is CSNCc1cc(-c2ccc(C(O)CCF)cc2)on1. The smallest absolute Gasteiger partial charge is 0.167 e. The fourth-order valence-corrected chi connectivity index (χ4v) is 2.11. The summed E-state index contributed by atoms with van der Waals surface area (Å²) < 4.78 is 20.6. The number of halogens is 1. The Morgan fingerprint density at radius 1 is 1.40 bits per heavy atom. The Hall–Kier alpha value is -1.37. The summed E-state index contributed by atoms with van der Waals surface area (Å²) in [6.07, 6.45) is 1.30. The fourth-order valence-electron chi connectivity index (χ4n) is 1.82. The van der Waals surface area contributed by atoms with Crippen LogP contribution in [0, 0.1) is 0 Å². The molecule has 0 aliphatic carbocycles. The molecule has 2 rings (SSSR count). The molecule has 4 nitrogen and oxygen atoms in total. The van der Waals surface area contributed by atoms with E-state index in [0.717, 1.165) is 11.3 Å². The minimum atomic E-state index is -0.759. The number of nitrogens with zero attached hydrogens (tertiary/aromatic N) is 1. The van der Waals surface area contributed by atoms with E-state index in [1.807, 2.05) is 24.5 Å². The molecule has 0 saturated heterocycles. The van der Waals surface area contributed by atoms with Gasteiger partial charge >= 0.3 is 0 Å². The topological polar surface area (TPSA) is 58.3 Å². The van der Waals surface area contributed by atoms with Gasteiger partial charge in [0.15, 0.2) is 5.76 Å². The molecule has 0 radical (unpaired) electrons. The number of aliphatic hydroxyl groups is 1. The highest BCUT2D eigenvalue weighted by molar-refractivity contribution is 7.96. The molecule has 0 aliphatic heterocycles. The maximum atomic E-state index is 12.2. The molecule has 1 aromatic heterocycles. The minimum Gasteiger partial charge on any atom is -0.388 e. The predicted molar refractivity (Wildman–Crippen MR) is 77.8 cm³/mol. The monoisotopic (exact) mass is 296 g/mol. The van der Waals surface area contributed by atoms with Crippen LogP contribution in [0.5, 0.6) is 0 Å². The van der Waals surface area contributed by atoms with Crippen molar-refractivity contribution in [3.8, 4) is 11.3 Å². The van der Waals surface area contributed by atoms with E-state index in [0.29, 0.717) is 17.9 Å². The number of benzene rings is 1. The van der Waals surface area contributed by atoms with E-state index in [4.69, 9.17) is 4.52 Å². The molecule has 20 heavy (non-hydrogen) atoms. The van der Waals surface area contributed by atoms with Crippen LogP contribution in [0.1, 0.15) is 23.8 Å². The van der Waals surface area contributed by atoms with Crippen molar-refractivity contribution in [2.24, 2.45) is 0 Å². The molecule has 0 saturated carbocycles. The largest absolute Gasteiger partial charge is 0.388 e. The maximum Gasteiger partial charge on any atom is 0.167 e. The molecule has 0 spiro atoms. The van der Waals surface area contributed by atoms with Crippen molar-refractivity contribution in [2.45, 2.75) is 19.1 Å². The van der Waals surface area contributed by atoms with Crippen LogP contribution in [0.4, 0.5) is 4.39 Å². The highest BCUT2D eigenvalue weighted by atomic mass is 32.2. The molecule has 0 bridgehead atoms. The molecular weight excluding hydrogens is 279 g/mol. The average Bonchev–Trinajstić information content (AvgIpc) is 2.94. The van der Waals surface area contributed by atoms with Crippen LogP contribution in [0.15, 0.2) is 34.9 Å². The molecule has 0 amide bonds.